The van der Waals surface area contributed by atoms with Crippen molar-refractivity contribution in [3.05, 3.63) is 59.2 Å². The van der Waals surface area contributed by atoms with Crippen LogP contribution in [-0.4, -0.2) is 39.6 Å². The summed E-state index contributed by atoms with van der Waals surface area (Å²) in [6.45, 7) is 3.46. The number of para-hydroxylation sites is 1. The molecule has 8 heteroatoms. The number of fused-ring (bicyclic) bond motifs is 1. The zero-order valence-corrected chi connectivity index (χ0v) is 16.9. The van der Waals surface area contributed by atoms with Crippen LogP contribution < -0.4 is 14.9 Å². The number of anilines is 2. The largest absolute Gasteiger partial charge is 0.368 e. The van der Waals surface area contributed by atoms with Crippen LogP contribution in [0.15, 0.2) is 64.1 Å². The summed E-state index contributed by atoms with van der Waals surface area (Å²) in [6, 6.07) is 14.9. The maximum atomic E-state index is 11.4. The lowest BCUT2D eigenvalue weighted by molar-refractivity contribution is 0.597. The number of halogens is 1. The van der Waals surface area contributed by atoms with Gasteiger partial charge in [-0.25, -0.2) is 13.6 Å². The van der Waals surface area contributed by atoms with Crippen LogP contribution in [0.2, 0.25) is 0 Å². The molecule has 2 N–H and O–H groups in total. The smallest absolute Gasteiger partial charge is 0.238 e. The summed E-state index contributed by atoms with van der Waals surface area (Å²) in [5.41, 5.74) is 3.16. The Bertz CT molecular complexity index is 1080. The van der Waals surface area contributed by atoms with Crippen LogP contribution in [0.5, 0.6) is 0 Å². The monoisotopic (exact) mass is 446 g/mol. The second kappa shape index (κ2) is 7.10. The molecule has 0 amide bonds. The van der Waals surface area contributed by atoms with E-state index in [-0.39, 0.29) is 4.90 Å². The number of pyridine rings is 1. The molecular formula is C19H19BrN4O2S. The molecule has 2 aromatic carbocycles. The Morgan fingerprint density at radius 2 is 1.59 bits per heavy atom. The molecule has 27 heavy (non-hydrogen) atoms. The highest BCUT2D eigenvalue weighted by Crippen LogP contribution is 2.31. The maximum Gasteiger partial charge on any atom is 0.238 e. The van der Waals surface area contributed by atoms with Crippen molar-refractivity contribution in [2.75, 3.05) is 36.0 Å². The molecule has 0 bridgehead atoms. The molecule has 1 aliphatic rings. The van der Waals surface area contributed by atoms with Crippen LogP contribution in [0.4, 0.5) is 11.4 Å². The number of hydrogen-bond acceptors (Lipinski definition) is 5. The molecular weight excluding hydrogens is 428 g/mol. The summed E-state index contributed by atoms with van der Waals surface area (Å²) in [5.74, 6) is 0. The molecule has 140 valence electrons. The predicted molar refractivity (Wildman–Crippen MR) is 112 cm³/mol. The van der Waals surface area contributed by atoms with Crippen LogP contribution in [0.3, 0.4) is 0 Å². The fourth-order valence-corrected chi connectivity index (χ4v) is 4.44. The van der Waals surface area contributed by atoms with Crippen LogP contribution in [-0.2, 0) is 10.0 Å². The van der Waals surface area contributed by atoms with E-state index in [1.165, 1.54) is 5.69 Å². The van der Waals surface area contributed by atoms with Gasteiger partial charge in [0.05, 0.1) is 10.4 Å². The summed E-state index contributed by atoms with van der Waals surface area (Å²) in [4.78, 5) is 9.24. The zero-order valence-electron chi connectivity index (χ0n) is 14.5. The van der Waals surface area contributed by atoms with Gasteiger partial charge in [-0.3, -0.25) is 4.98 Å². The van der Waals surface area contributed by atoms with Crippen LogP contribution in [0.1, 0.15) is 0 Å². The number of hydrogen-bond donors (Lipinski definition) is 1. The van der Waals surface area contributed by atoms with Crippen molar-refractivity contribution in [3.8, 4) is 0 Å². The maximum absolute atomic E-state index is 11.4. The minimum absolute atomic E-state index is 0.138. The fourth-order valence-electron chi connectivity index (χ4n) is 3.45. The first-order valence-corrected chi connectivity index (χ1v) is 10.9. The number of benzene rings is 2. The Kier molecular flexibility index (Phi) is 4.79. The van der Waals surface area contributed by atoms with Crippen LogP contribution in [0.25, 0.3) is 10.9 Å². The average molecular weight is 447 g/mol. The Morgan fingerprint density at radius 3 is 2.26 bits per heavy atom. The van der Waals surface area contributed by atoms with E-state index < -0.39 is 10.0 Å². The second-order valence-corrected chi connectivity index (χ2v) is 8.89. The van der Waals surface area contributed by atoms with Gasteiger partial charge < -0.3 is 9.80 Å². The predicted octanol–water partition coefficient (Wildman–Crippen LogP) is 2.97. The first kappa shape index (κ1) is 18.2. The van der Waals surface area contributed by atoms with E-state index in [1.54, 1.807) is 12.1 Å². The van der Waals surface area contributed by atoms with Gasteiger partial charge in [0.1, 0.15) is 0 Å². The molecule has 0 spiro atoms. The summed E-state index contributed by atoms with van der Waals surface area (Å²) in [5, 5.41) is 6.30. The Hall–Kier alpha value is -2.16. The van der Waals surface area contributed by atoms with E-state index in [1.807, 2.05) is 30.5 Å². The molecule has 1 saturated heterocycles. The number of rotatable bonds is 3. The molecule has 3 aromatic rings. The van der Waals surface area contributed by atoms with Gasteiger partial charge in [-0.1, -0.05) is 12.1 Å². The Morgan fingerprint density at radius 1 is 0.926 bits per heavy atom. The Labute approximate surface area is 166 Å². The van der Waals surface area contributed by atoms with E-state index in [0.717, 1.165) is 47.2 Å². The number of nitrogens with zero attached hydrogens (tertiary/aromatic N) is 3. The number of nitrogens with two attached hydrogens (primary N) is 1. The number of sulfonamides is 1. The van der Waals surface area contributed by atoms with Crippen molar-refractivity contribution in [2.45, 2.75) is 4.90 Å². The SMILES string of the molecule is NS(=O)(=O)c1ccc(N2CCN(c3ccnc4c(Br)cccc34)CC2)cc1. The van der Waals surface area contributed by atoms with E-state index in [2.05, 4.69) is 42.8 Å². The highest BCUT2D eigenvalue weighted by molar-refractivity contribution is 9.10. The van der Waals surface area contributed by atoms with Crippen LogP contribution in [0, 0.1) is 0 Å². The van der Waals surface area contributed by atoms with Gasteiger partial charge in [-0.05, 0) is 52.3 Å². The lowest BCUT2D eigenvalue weighted by atomic mass is 10.1. The third kappa shape index (κ3) is 3.65. The first-order valence-electron chi connectivity index (χ1n) is 8.59. The molecule has 2 heterocycles. The summed E-state index contributed by atoms with van der Waals surface area (Å²) >= 11 is 3.57. The number of piperazine rings is 1. The van der Waals surface area contributed by atoms with Crippen molar-refractivity contribution >= 4 is 48.2 Å². The van der Waals surface area contributed by atoms with E-state index in [9.17, 15) is 8.42 Å². The summed E-state index contributed by atoms with van der Waals surface area (Å²) in [6.07, 6.45) is 1.85. The molecule has 0 unspecified atom stereocenters. The van der Waals surface area contributed by atoms with Crippen molar-refractivity contribution in [1.82, 2.24) is 4.98 Å². The molecule has 0 radical (unpaired) electrons. The first-order chi connectivity index (χ1) is 12.9. The number of aromatic nitrogens is 1. The lowest BCUT2D eigenvalue weighted by Gasteiger charge is -2.37. The van der Waals surface area contributed by atoms with Crippen molar-refractivity contribution < 1.29 is 8.42 Å². The van der Waals surface area contributed by atoms with Gasteiger partial charge in [0.25, 0.3) is 0 Å². The summed E-state index contributed by atoms with van der Waals surface area (Å²) < 4.78 is 23.8. The second-order valence-electron chi connectivity index (χ2n) is 6.48. The van der Waals surface area contributed by atoms with Gasteiger partial charge in [0, 0.05) is 53.6 Å². The minimum Gasteiger partial charge on any atom is -0.368 e. The molecule has 4 rings (SSSR count). The standard InChI is InChI=1S/C19H19BrN4O2S/c20-17-3-1-2-16-18(8-9-22-19(16)17)24-12-10-23(11-13-24)14-4-6-15(7-5-14)27(21,25)26/h1-9H,10-13H2,(H2,21,25,26). The van der Waals surface area contributed by atoms with Gasteiger partial charge in [-0.15, -0.1) is 0 Å². The van der Waals surface area contributed by atoms with E-state index >= 15 is 0 Å². The minimum atomic E-state index is -3.66. The molecule has 1 aliphatic heterocycles. The van der Waals surface area contributed by atoms with Gasteiger partial charge >= 0.3 is 0 Å². The van der Waals surface area contributed by atoms with E-state index in [0.29, 0.717) is 0 Å². The third-order valence-electron chi connectivity index (χ3n) is 4.85. The van der Waals surface area contributed by atoms with Gasteiger partial charge in [-0.2, -0.15) is 0 Å². The highest BCUT2D eigenvalue weighted by atomic mass is 79.9. The zero-order chi connectivity index (χ0) is 19.0. The topological polar surface area (TPSA) is 79.5 Å². The third-order valence-corrected chi connectivity index (χ3v) is 6.42. The normalized spacial score (nSPS) is 15.3. The quantitative estimate of drug-likeness (QED) is 0.668. The Balaban J connectivity index is 1.52. The van der Waals surface area contributed by atoms with Crippen molar-refractivity contribution in [2.24, 2.45) is 5.14 Å². The van der Waals surface area contributed by atoms with E-state index in [4.69, 9.17) is 5.14 Å². The van der Waals surface area contributed by atoms with Gasteiger partial charge in [0.15, 0.2) is 0 Å². The molecule has 0 aliphatic carbocycles. The van der Waals surface area contributed by atoms with Crippen molar-refractivity contribution in [1.29, 1.82) is 0 Å². The molecule has 6 nitrogen and oxygen atoms in total. The number of primary sulfonamides is 1. The fraction of sp³-hybridized carbons (Fsp3) is 0.211. The van der Waals surface area contributed by atoms with Gasteiger partial charge in [0.2, 0.25) is 10.0 Å². The molecule has 1 fully saturated rings. The van der Waals surface area contributed by atoms with Crippen molar-refractivity contribution in [3.63, 3.8) is 0 Å². The average Bonchev–Trinajstić information content (AvgIpc) is 2.68. The molecule has 0 saturated carbocycles. The highest BCUT2D eigenvalue weighted by Gasteiger charge is 2.20. The molecule has 0 atom stereocenters. The summed E-state index contributed by atoms with van der Waals surface area (Å²) in [7, 11) is -3.66. The van der Waals surface area contributed by atoms with Crippen LogP contribution >= 0.6 is 15.9 Å². The molecule has 1 aromatic heterocycles. The lowest BCUT2D eigenvalue weighted by Crippen LogP contribution is -2.46.